The molecule has 0 aliphatic carbocycles. The molecular weight excluding hydrogens is 498 g/mol. The number of piperidine rings is 1. The van der Waals surface area contributed by atoms with E-state index in [0.717, 1.165) is 5.56 Å². The number of hydrogen-bond acceptors (Lipinski definition) is 4. The van der Waals surface area contributed by atoms with Gasteiger partial charge in [0.15, 0.2) is 0 Å². The molecule has 1 fully saturated rings. The molecule has 7 nitrogen and oxygen atoms in total. The number of amides is 2. The van der Waals surface area contributed by atoms with Crippen molar-refractivity contribution >= 4 is 39.1 Å². The highest BCUT2D eigenvalue weighted by Crippen LogP contribution is 2.43. The van der Waals surface area contributed by atoms with Gasteiger partial charge in [-0.3, -0.25) is 9.59 Å². The number of nitrogens with one attached hydrogen (secondary N) is 2. The molecule has 0 radical (unpaired) electrons. The van der Waals surface area contributed by atoms with Crippen molar-refractivity contribution in [1.29, 1.82) is 0 Å². The van der Waals surface area contributed by atoms with Gasteiger partial charge in [0.2, 0.25) is 21.8 Å². The topological polar surface area (TPSA) is 95.6 Å². The number of benzene rings is 2. The molecule has 0 aromatic heterocycles. The third-order valence-electron chi connectivity index (χ3n) is 6.36. The maximum Gasteiger partial charge on any atom is 0.244 e. The number of nitrogens with zero attached hydrogens (tertiary/aromatic N) is 1. The van der Waals surface area contributed by atoms with Crippen LogP contribution >= 0.6 is 11.6 Å². The van der Waals surface area contributed by atoms with E-state index >= 15 is 0 Å². The average molecular weight is 532 g/mol. The fourth-order valence-electron chi connectivity index (χ4n) is 5.25. The van der Waals surface area contributed by atoms with Gasteiger partial charge in [0.25, 0.3) is 0 Å². The zero-order valence-corrected chi connectivity index (χ0v) is 22.7. The predicted molar refractivity (Wildman–Crippen MR) is 143 cm³/mol. The lowest BCUT2D eigenvalue weighted by molar-refractivity contribution is -0.118. The van der Waals surface area contributed by atoms with E-state index < -0.39 is 21.1 Å². The molecule has 2 aromatic carbocycles. The van der Waals surface area contributed by atoms with Crippen molar-refractivity contribution in [1.82, 2.24) is 9.62 Å². The van der Waals surface area contributed by atoms with Crippen LogP contribution in [0.5, 0.6) is 0 Å². The van der Waals surface area contributed by atoms with E-state index in [1.165, 1.54) is 28.6 Å². The third kappa shape index (κ3) is 6.35. The Labute approximate surface area is 219 Å². The van der Waals surface area contributed by atoms with E-state index in [0.29, 0.717) is 24.9 Å². The monoisotopic (exact) mass is 531 g/mol. The second-order valence-electron chi connectivity index (χ2n) is 10.4. The molecule has 0 unspecified atom stereocenters. The molecule has 0 atom stereocenters. The first kappa shape index (κ1) is 27.9. The van der Waals surface area contributed by atoms with Crippen LogP contribution in [0.3, 0.4) is 0 Å². The Morgan fingerprint density at radius 3 is 2.25 bits per heavy atom. The van der Waals surface area contributed by atoms with Crippen LogP contribution in [0.2, 0.25) is 5.02 Å². The summed E-state index contributed by atoms with van der Waals surface area (Å²) >= 11 is 6.42. The molecule has 1 saturated heterocycles. The summed E-state index contributed by atoms with van der Waals surface area (Å²) < 4.78 is 29.2. The van der Waals surface area contributed by atoms with Gasteiger partial charge in [0, 0.05) is 23.5 Å². The number of aryl methyl sites for hydroxylation is 1. The van der Waals surface area contributed by atoms with Gasteiger partial charge in [0.1, 0.15) is 0 Å². The van der Waals surface area contributed by atoms with Crippen molar-refractivity contribution in [2.75, 3.05) is 5.32 Å². The van der Waals surface area contributed by atoms with Crippen LogP contribution in [0.15, 0.2) is 66.1 Å². The standard InChI is InChI=1S/C27H34ClN3O4S/c1-6-24(32)29-20-17-26(2,3)31(27(4,5)18-20)36(34,35)21-13-14-23(22(28)16-21)30-25(33)15-12-19-10-8-7-9-11-19/h6-11,13-14,16,20H,1,12,15,17-18H2,2-5H3,(H,29,32)(H,30,33). The molecule has 36 heavy (non-hydrogen) atoms. The van der Waals surface area contributed by atoms with Crippen LogP contribution in [0.25, 0.3) is 0 Å². The van der Waals surface area contributed by atoms with Gasteiger partial charge in [-0.1, -0.05) is 48.5 Å². The van der Waals surface area contributed by atoms with Gasteiger partial charge in [-0.2, -0.15) is 4.31 Å². The highest BCUT2D eigenvalue weighted by molar-refractivity contribution is 7.89. The van der Waals surface area contributed by atoms with Gasteiger partial charge in [-0.25, -0.2) is 8.42 Å². The number of carbonyl (C=O) groups excluding carboxylic acids is 2. The van der Waals surface area contributed by atoms with Crippen LogP contribution < -0.4 is 10.6 Å². The second-order valence-corrected chi connectivity index (χ2v) is 12.6. The zero-order chi connectivity index (χ0) is 26.7. The lowest BCUT2D eigenvalue weighted by atomic mass is 9.79. The Kier molecular flexibility index (Phi) is 8.33. The van der Waals surface area contributed by atoms with E-state index in [1.807, 2.05) is 58.0 Å². The van der Waals surface area contributed by atoms with E-state index in [2.05, 4.69) is 17.2 Å². The summed E-state index contributed by atoms with van der Waals surface area (Å²) in [6, 6.07) is 13.9. The first-order valence-corrected chi connectivity index (χ1v) is 13.7. The van der Waals surface area contributed by atoms with Crippen LogP contribution in [0.4, 0.5) is 5.69 Å². The number of carbonyl (C=O) groups is 2. The average Bonchev–Trinajstić information content (AvgIpc) is 2.77. The Bertz CT molecular complexity index is 1220. The largest absolute Gasteiger partial charge is 0.350 e. The van der Waals surface area contributed by atoms with Crippen molar-refractivity contribution in [3.8, 4) is 0 Å². The lowest BCUT2D eigenvalue weighted by Gasteiger charge is -2.53. The summed E-state index contributed by atoms with van der Waals surface area (Å²) in [7, 11) is -3.95. The fraction of sp³-hybridized carbons (Fsp3) is 0.407. The molecule has 2 amide bonds. The van der Waals surface area contributed by atoms with Crippen molar-refractivity contribution in [2.45, 2.75) is 75.4 Å². The molecule has 1 aliphatic heterocycles. The van der Waals surface area contributed by atoms with Gasteiger partial charge < -0.3 is 10.6 Å². The number of halogens is 1. The minimum absolute atomic E-state index is 0.0458. The Morgan fingerprint density at radius 1 is 1.08 bits per heavy atom. The maximum atomic E-state index is 13.8. The number of anilines is 1. The Balaban J connectivity index is 1.78. The molecule has 0 saturated carbocycles. The fourth-order valence-corrected chi connectivity index (χ4v) is 7.72. The normalized spacial score (nSPS) is 17.8. The molecule has 1 heterocycles. The summed E-state index contributed by atoms with van der Waals surface area (Å²) in [6.45, 7) is 10.9. The summed E-state index contributed by atoms with van der Waals surface area (Å²) in [6.07, 6.45) is 2.97. The van der Waals surface area contributed by atoms with Gasteiger partial charge in [-0.05, 0) is 76.8 Å². The van der Waals surface area contributed by atoms with Crippen LogP contribution in [-0.4, -0.2) is 41.7 Å². The summed E-state index contributed by atoms with van der Waals surface area (Å²) in [5.74, 6) is -0.488. The minimum atomic E-state index is -3.95. The maximum absolute atomic E-state index is 13.8. The molecule has 2 aromatic rings. The molecule has 2 N–H and O–H groups in total. The molecule has 3 rings (SSSR count). The first-order valence-electron chi connectivity index (χ1n) is 11.9. The lowest BCUT2D eigenvalue weighted by Crippen LogP contribution is -2.65. The Hall–Kier alpha value is -2.68. The number of hydrogen-bond donors (Lipinski definition) is 2. The Morgan fingerprint density at radius 2 is 1.69 bits per heavy atom. The molecule has 0 spiro atoms. The highest BCUT2D eigenvalue weighted by Gasteiger charge is 2.51. The minimum Gasteiger partial charge on any atom is -0.350 e. The first-order chi connectivity index (χ1) is 16.8. The summed E-state index contributed by atoms with van der Waals surface area (Å²) in [5, 5.41) is 5.83. The molecule has 0 bridgehead atoms. The second kappa shape index (κ2) is 10.7. The van der Waals surface area contributed by atoms with Gasteiger partial charge in [-0.15, -0.1) is 0 Å². The number of rotatable bonds is 8. The third-order valence-corrected chi connectivity index (χ3v) is 8.99. The molecule has 1 aliphatic rings. The molecular formula is C27H34ClN3O4S. The quantitative estimate of drug-likeness (QED) is 0.472. The highest BCUT2D eigenvalue weighted by atomic mass is 35.5. The SMILES string of the molecule is C=CC(=O)NC1CC(C)(C)N(S(=O)(=O)c2ccc(NC(=O)CCc3ccccc3)c(Cl)c2)C(C)(C)C1. The van der Waals surface area contributed by atoms with Crippen molar-refractivity contribution < 1.29 is 18.0 Å². The summed E-state index contributed by atoms with van der Waals surface area (Å²) in [4.78, 5) is 24.3. The van der Waals surface area contributed by atoms with Gasteiger partial charge in [0.05, 0.1) is 15.6 Å². The van der Waals surface area contributed by atoms with Crippen molar-refractivity contribution in [3.05, 3.63) is 71.8 Å². The van der Waals surface area contributed by atoms with Crippen LogP contribution in [0, 0.1) is 0 Å². The van der Waals surface area contributed by atoms with Gasteiger partial charge >= 0.3 is 0 Å². The van der Waals surface area contributed by atoms with Crippen LogP contribution in [0.1, 0.15) is 52.5 Å². The van der Waals surface area contributed by atoms with Crippen molar-refractivity contribution in [3.63, 3.8) is 0 Å². The zero-order valence-electron chi connectivity index (χ0n) is 21.2. The van der Waals surface area contributed by atoms with Crippen LogP contribution in [-0.2, 0) is 26.0 Å². The van der Waals surface area contributed by atoms with E-state index in [9.17, 15) is 18.0 Å². The van der Waals surface area contributed by atoms with Crippen molar-refractivity contribution in [2.24, 2.45) is 0 Å². The molecule has 194 valence electrons. The van der Waals surface area contributed by atoms with E-state index in [4.69, 9.17) is 11.6 Å². The molecule has 9 heteroatoms. The van der Waals surface area contributed by atoms with E-state index in [-0.39, 0.29) is 34.2 Å². The predicted octanol–water partition coefficient (Wildman–Crippen LogP) is 4.92. The summed E-state index contributed by atoms with van der Waals surface area (Å²) in [5.41, 5.74) is -0.149. The smallest absolute Gasteiger partial charge is 0.244 e. The number of sulfonamides is 1. The van der Waals surface area contributed by atoms with E-state index in [1.54, 1.807) is 0 Å².